The first-order valence-electron chi connectivity index (χ1n) is 4.67. The Morgan fingerprint density at radius 1 is 1.40 bits per heavy atom. The molecule has 82 valence electrons. The van der Waals surface area contributed by atoms with E-state index in [9.17, 15) is 9.18 Å². The van der Waals surface area contributed by atoms with Crippen LogP contribution in [0, 0.1) is 5.82 Å². The van der Waals surface area contributed by atoms with Crippen LogP contribution in [0.2, 0.25) is 0 Å². The third kappa shape index (κ3) is 3.23. The summed E-state index contributed by atoms with van der Waals surface area (Å²) < 4.78 is 22.5. The minimum atomic E-state index is -0.638. The van der Waals surface area contributed by atoms with Crippen molar-refractivity contribution in [3.63, 3.8) is 0 Å². The van der Waals surface area contributed by atoms with Crippen LogP contribution in [0.4, 0.5) is 4.39 Å². The molecule has 0 radical (unpaired) electrons. The molecule has 0 saturated carbocycles. The van der Waals surface area contributed by atoms with E-state index in [-0.39, 0.29) is 5.82 Å². The largest absolute Gasteiger partial charge is 0.479 e. The topological polar surface area (TPSA) is 35.5 Å². The molecule has 0 N–H and O–H groups in total. The van der Waals surface area contributed by atoms with Crippen LogP contribution in [-0.4, -0.2) is 19.2 Å². The van der Waals surface area contributed by atoms with E-state index in [1.54, 1.807) is 0 Å². The third-order valence-corrected chi connectivity index (χ3v) is 1.93. The van der Waals surface area contributed by atoms with E-state index in [2.05, 4.69) is 4.74 Å². The van der Waals surface area contributed by atoms with Crippen LogP contribution in [0.5, 0.6) is 5.75 Å². The smallest absolute Gasteiger partial charge is 0.347 e. The van der Waals surface area contributed by atoms with E-state index in [0.29, 0.717) is 12.2 Å². The standard InChI is InChI=1S/C11H13FO3/c1-3-10(11(13)14-2)15-9-6-4-8(12)5-7-9/h4-7,10H,3H2,1-2H3. The van der Waals surface area contributed by atoms with Crippen LogP contribution in [-0.2, 0) is 9.53 Å². The maximum atomic E-state index is 12.6. The molecule has 0 aromatic heterocycles. The fraction of sp³-hybridized carbons (Fsp3) is 0.364. The normalized spacial score (nSPS) is 11.9. The monoisotopic (exact) mass is 212 g/mol. The van der Waals surface area contributed by atoms with Crippen molar-refractivity contribution in [3.05, 3.63) is 30.1 Å². The number of carbonyl (C=O) groups is 1. The molecule has 0 aliphatic carbocycles. The van der Waals surface area contributed by atoms with Gasteiger partial charge in [-0.05, 0) is 30.7 Å². The van der Waals surface area contributed by atoms with E-state index < -0.39 is 12.1 Å². The highest BCUT2D eigenvalue weighted by atomic mass is 19.1. The molecule has 0 spiro atoms. The van der Waals surface area contributed by atoms with Crippen LogP contribution in [0.3, 0.4) is 0 Å². The zero-order valence-electron chi connectivity index (χ0n) is 8.70. The second-order valence-corrected chi connectivity index (χ2v) is 2.99. The van der Waals surface area contributed by atoms with E-state index in [1.165, 1.54) is 31.4 Å². The minimum absolute atomic E-state index is 0.339. The predicted octanol–water partition coefficient (Wildman–Crippen LogP) is 2.16. The second-order valence-electron chi connectivity index (χ2n) is 2.99. The zero-order valence-corrected chi connectivity index (χ0v) is 8.70. The first-order valence-corrected chi connectivity index (χ1v) is 4.67. The van der Waals surface area contributed by atoms with Crippen molar-refractivity contribution in [2.75, 3.05) is 7.11 Å². The van der Waals surface area contributed by atoms with Crippen molar-refractivity contribution in [1.29, 1.82) is 0 Å². The van der Waals surface area contributed by atoms with Gasteiger partial charge in [-0.3, -0.25) is 0 Å². The van der Waals surface area contributed by atoms with Gasteiger partial charge in [0.15, 0.2) is 6.10 Å². The Hall–Kier alpha value is -1.58. The van der Waals surface area contributed by atoms with E-state index in [1.807, 2.05) is 6.92 Å². The maximum absolute atomic E-state index is 12.6. The Morgan fingerprint density at radius 2 is 2.00 bits per heavy atom. The summed E-state index contributed by atoms with van der Waals surface area (Å²) in [6.07, 6.45) is -0.134. The molecule has 0 fully saturated rings. The number of halogens is 1. The zero-order chi connectivity index (χ0) is 11.3. The summed E-state index contributed by atoms with van der Waals surface area (Å²) in [6.45, 7) is 1.81. The van der Waals surface area contributed by atoms with Crippen molar-refractivity contribution >= 4 is 5.97 Å². The number of rotatable bonds is 4. The Morgan fingerprint density at radius 3 is 2.47 bits per heavy atom. The van der Waals surface area contributed by atoms with Gasteiger partial charge in [0, 0.05) is 0 Å². The number of esters is 1. The summed E-state index contributed by atoms with van der Waals surface area (Å²) in [5, 5.41) is 0. The van der Waals surface area contributed by atoms with Crippen molar-refractivity contribution in [1.82, 2.24) is 0 Å². The molecule has 1 unspecified atom stereocenters. The molecule has 1 atom stereocenters. The van der Waals surface area contributed by atoms with Gasteiger partial charge in [0.05, 0.1) is 7.11 Å². The SMILES string of the molecule is CCC(Oc1ccc(F)cc1)C(=O)OC. The van der Waals surface area contributed by atoms with Gasteiger partial charge in [-0.1, -0.05) is 6.92 Å². The Bertz CT molecular complexity index is 321. The summed E-state index contributed by atoms with van der Waals surface area (Å²) in [5.74, 6) is -0.316. The highest BCUT2D eigenvalue weighted by molar-refractivity contribution is 5.74. The van der Waals surface area contributed by atoms with Gasteiger partial charge in [-0.25, -0.2) is 9.18 Å². The van der Waals surface area contributed by atoms with Crippen molar-refractivity contribution in [2.45, 2.75) is 19.4 Å². The average molecular weight is 212 g/mol. The molecule has 0 saturated heterocycles. The van der Waals surface area contributed by atoms with Crippen LogP contribution < -0.4 is 4.74 Å². The summed E-state index contributed by atoms with van der Waals surface area (Å²) in [7, 11) is 1.30. The first kappa shape index (κ1) is 11.5. The number of hydrogen-bond donors (Lipinski definition) is 0. The molecule has 3 nitrogen and oxygen atoms in total. The number of benzene rings is 1. The van der Waals surface area contributed by atoms with Gasteiger partial charge in [-0.2, -0.15) is 0 Å². The van der Waals surface area contributed by atoms with Crippen molar-refractivity contribution in [2.24, 2.45) is 0 Å². The Labute approximate surface area is 87.8 Å². The van der Waals surface area contributed by atoms with Crippen LogP contribution in [0.15, 0.2) is 24.3 Å². The molecular weight excluding hydrogens is 199 g/mol. The van der Waals surface area contributed by atoms with Gasteiger partial charge in [0.2, 0.25) is 0 Å². The lowest BCUT2D eigenvalue weighted by Gasteiger charge is -2.14. The van der Waals surface area contributed by atoms with Gasteiger partial charge in [0.1, 0.15) is 11.6 Å². The van der Waals surface area contributed by atoms with Gasteiger partial charge < -0.3 is 9.47 Å². The van der Waals surface area contributed by atoms with Crippen LogP contribution in [0.1, 0.15) is 13.3 Å². The molecule has 4 heteroatoms. The van der Waals surface area contributed by atoms with Gasteiger partial charge >= 0.3 is 5.97 Å². The Balaban J connectivity index is 2.66. The maximum Gasteiger partial charge on any atom is 0.347 e. The van der Waals surface area contributed by atoms with E-state index in [4.69, 9.17) is 4.74 Å². The lowest BCUT2D eigenvalue weighted by atomic mass is 10.2. The number of methoxy groups -OCH3 is 1. The lowest BCUT2D eigenvalue weighted by Crippen LogP contribution is -2.27. The van der Waals surface area contributed by atoms with Crippen molar-refractivity contribution < 1.29 is 18.7 Å². The number of carbonyl (C=O) groups excluding carboxylic acids is 1. The molecule has 0 bridgehead atoms. The lowest BCUT2D eigenvalue weighted by molar-refractivity contribution is -0.148. The quantitative estimate of drug-likeness (QED) is 0.717. The molecule has 0 aliphatic heterocycles. The van der Waals surface area contributed by atoms with Crippen LogP contribution >= 0.6 is 0 Å². The molecule has 0 heterocycles. The van der Waals surface area contributed by atoms with E-state index in [0.717, 1.165) is 0 Å². The molecule has 0 aliphatic rings. The summed E-state index contributed by atoms with van der Waals surface area (Å²) in [4.78, 5) is 11.2. The van der Waals surface area contributed by atoms with E-state index >= 15 is 0 Å². The molecule has 0 amide bonds. The summed E-state index contributed by atoms with van der Waals surface area (Å²) in [6, 6.07) is 5.50. The highest BCUT2D eigenvalue weighted by Gasteiger charge is 2.18. The summed E-state index contributed by atoms with van der Waals surface area (Å²) >= 11 is 0. The third-order valence-electron chi connectivity index (χ3n) is 1.93. The predicted molar refractivity (Wildman–Crippen MR) is 53.1 cm³/mol. The van der Waals surface area contributed by atoms with Gasteiger partial charge in [0.25, 0.3) is 0 Å². The number of hydrogen-bond acceptors (Lipinski definition) is 3. The highest BCUT2D eigenvalue weighted by Crippen LogP contribution is 2.14. The molecule has 1 aromatic rings. The molecule has 15 heavy (non-hydrogen) atoms. The minimum Gasteiger partial charge on any atom is -0.479 e. The fourth-order valence-corrected chi connectivity index (χ4v) is 1.11. The van der Waals surface area contributed by atoms with Crippen molar-refractivity contribution in [3.8, 4) is 5.75 Å². The van der Waals surface area contributed by atoms with Crippen LogP contribution in [0.25, 0.3) is 0 Å². The Kier molecular flexibility index (Phi) is 4.09. The molecular formula is C11H13FO3. The number of ether oxygens (including phenoxy) is 2. The van der Waals surface area contributed by atoms with Gasteiger partial charge in [-0.15, -0.1) is 0 Å². The molecule has 1 aromatic carbocycles. The average Bonchev–Trinajstić information content (AvgIpc) is 2.27. The summed E-state index contributed by atoms with van der Waals surface area (Å²) in [5.41, 5.74) is 0. The second kappa shape index (κ2) is 5.34. The molecule has 1 rings (SSSR count). The first-order chi connectivity index (χ1) is 7.17. The fourth-order valence-electron chi connectivity index (χ4n) is 1.11.